The lowest BCUT2D eigenvalue weighted by Gasteiger charge is -2.12. The van der Waals surface area contributed by atoms with Crippen LogP contribution in [0, 0.1) is 11.7 Å². The molecule has 4 aromatic heterocycles. The zero-order chi connectivity index (χ0) is 30.8. The number of hydrogen-bond donors (Lipinski definition) is 3. The second-order valence-electron chi connectivity index (χ2n) is 11.4. The Balaban J connectivity index is 1.33. The third-order valence-corrected chi connectivity index (χ3v) is 7.12. The van der Waals surface area contributed by atoms with Gasteiger partial charge >= 0.3 is 0 Å². The highest BCUT2D eigenvalue weighted by Gasteiger charge is 2.17. The molecule has 11 heteroatoms. The van der Waals surface area contributed by atoms with Crippen LogP contribution in [0.4, 0.5) is 10.1 Å². The van der Waals surface area contributed by atoms with Crippen molar-refractivity contribution in [3.63, 3.8) is 0 Å². The molecule has 2 aromatic carbocycles. The van der Waals surface area contributed by atoms with Crippen molar-refractivity contribution < 1.29 is 13.9 Å². The SMILES string of the molecule is CC(C)CC(=O)Nc1cncc(-c2ccc3[nH]nc(-c4nc5c(-c6cc(F)cc(OCCN(C)C)c6)cncc5[nH]4)c3c2)c1. The number of amides is 1. The van der Waals surface area contributed by atoms with E-state index in [0.717, 1.165) is 22.0 Å². The number of aromatic amines is 2. The number of carbonyl (C=O) groups excluding carboxylic acids is 1. The fraction of sp³-hybridized carbons (Fsp3) is 0.242. The second-order valence-corrected chi connectivity index (χ2v) is 11.4. The standard InChI is InChI=1S/C33H33FN8O2/c1-19(2)9-30(43)37-24-11-22(15-35-16-24)20-5-6-28-26(13-20)32(41-40-28)33-38-29-18-36-17-27(31(29)39-33)21-10-23(34)14-25(12-21)44-8-7-42(3)4/h5-6,10-19H,7-9H2,1-4H3,(H,37,43)(H,38,39)(H,40,41). The topological polar surface area (TPSA) is 125 Å². The molecule has 10 nitrogen and oxygen atoms in total. The van der Waals surface area contributed by atoms with E-state index in [1.54, 1.807) is 30.9 Å². The highest BCUT2D eigenvalue weighted by Crippen LogP contribution is 2.34. The van der Waals surface area contributed by atoms with Gasteiger partial charge in [-0.05, 0) is 61.5 Å². The van der Waals surface area contributed by atoms with E-state index in [1.807, 2.05) is 57.1 Å². The molecule has 1 amide bonds. The summed E-state index contributed by atoms with van der Waals surface area (Å²) in [7, 11) is 3.91. The van der Waals surface area contributed by atoms with Gasteiger partial charge in [0.2, 0.25) is 5.91 Å². The molecule has 0 spiro atoms. The van der Waals surface area contributed by atoms with Gasteiger partial charge in [0.15, 0.2) is 5.82 Å². The van der Waals surface area contributed by atoms with Gasteiger partial charge in [-0.25, -0.2) is 9.37 Å². The third kappa shape index (κ3) is 6.28. The first-order valence-corrected chi connectivity index (χ1v) is 14.4. The first kappa shape index (κ1) is 28.9. The van der Waals surface area contributed by atoms with E-state index in [4.69, 9.17) is 9.72 Å². The quantitative estimate of drug-likeness (QED) is 0.171. The average Bonchev–Trinajstić information content (AvgIpc) is 3.60. The molecule has 0 atom stereocenters. The number of carbonyl (C=O) groups is 1. The van der Waals surface area contributed by atoms with Crippen LogP contribution >= 0.6 is 0 Å². The minimum absolute atomic E-state index is 0.0448. The largest absolute Gasteiger partial charge is 0.492 e. The number of imidazole rings is 1. The molecule has 0 unspecified atom stereocenters. The van der Waals surface area contributed by atoms with Crippen molar-refractivity contribution in [1.82, 2.24) is 35.0 Å². The number of likely N-dealkylation sites (N-methyl/N-ethyl adjacent to an activating group) is 1. The minimum Gasteiger partial charge on any atom is -0.492 e. The highest BCUT2D eigenvalue weighted by molar-refractivity contribution is 5.98. The second kappa shape index (κ2) is 12.2. The zero-order valence-corrected chi connectivity index (χ0v) is 25.0. The number of nitrogens with one attached hydrogen (secondary N) is 3. The van der Waals surface area contributed by atoms with E-state index >= 15 is 0 Å². The number of H-pyrrole nitrogens is 2. The van der Waals surface area contributed by atoms with Gasteiger partial charge in [0, 0.05) is 47.9 Å². The van der Waals surface area contributed by atoms with Gasteiger partial charge < -0.3 is 19.9 Å². The molecule has 0 aliphatic heterocycles. The molecule has 0 fully saturated rings. The molecule has 0 bridgehead atoms. The van der Waals surface area contributed by atoms with Gasteiger partial charge in [-0.2, -0.15) is 5.10 Å². The van der Waals surface area contributed by atoms with Crippen LogP contribution in [0.25, 0.3) is 55.7 Å². The summed E-state index contributed by atoms with van der Waals surface area (Å²) < 4.78 is 20.4. The highest BCUT2D eigenvalue weighted by atomic mass is 19.1. The molecular formula is C33H33FN8O2. The number of rotatable bonds is 10. The van der Waals surface area contributed by atoms with Crippen molar-refractivity contribution in [1.29, 1.82) is 0 Å². The number of hydrogen-bond acceptors (Lipinski definition) is 7. The maximum absolute atomic E-state index is 14.6. The molecule has 0 aliphatic rings. The smallest absolute Gasteiger partial charge is 0.224 e. The predicted molar refractivity (Wildman–Crippen MR) is 170 cm³/mol. The summed E-state index contributed by atoms with van der Waals surface area (Å²) in [5, 5.41) is 11.4. The van der Waals surface area contributed by atoms with E-state index < -0.39 is 5.82 Å². The number of pyridine rings is 2. The van der Waals surface area contributed by atoms with Crippen molar-refractivity contribution in [3.8, 4) is 39.5 Å². The number of aromatic nitrogens is 6. The maximum atomic E-state index is 14.6. The van der Waals surface area contributed by atoms with Gasteiger partial charge in [0.1, 0.15) is 23.9 Å². The fourth-order valence-corrected chi connectivity index (χ4v) is 5.03. The van der Waals surface area contributed by atoms with Gasteiger partial charge in [-0.15, -0.1) is 0 Å². The Kier molecular flexibility index (Phi) is 8.03. The number of ether oxygens (including phenoxy) is 1. The van der Waals surface area contributed by atoms with Gasteiger partial charge in [0.05, 0.1) is 34.6 Å². The van der Waals surface area contributed by atoms with E-state index in [9.17, 15) is 9.18 Å². The number of halogens is 1. The predicted octanol–water partition coefficient (Wildman–Crippen LogP) is 6.29. The summed E-state index contributed by atoms with van der Waals surface area (Å²) in [5.74, 6) is 0.801. The van der Waals surface area contributed by atoms with Crippen LogP contribution in [-0.4, -0.2) is 68.2 Å². The third-order valence-electron chi connectivity index (χ3n) is 7.12. The molecule has 0 saturated carbocycles. The summed E-state index contributed by atoms with van der Waals surface area (Å²) >= 11 is 0. The minimum atomic E-state index is -0.404. The van der Waals surface area contributed by atoms with Crippen LogP contribution in [0.1, 0.15) is 20.3 Å². The number of nitrogens with zero attached hydrogens (tertiary/aromatic N) is 5. The molecule has 0 radical (unpaired) electrons. The molecule has 6 rings (SSSR count). The maximum Gasteiger partial charge on any atom is 0.224 e. The Morgan fingerprint density at radius 1 is 0.977 bits per heavy atom. The van der Waals surface area contributed by atoms with Crippen LogP contribution in [0.15, 0.2) is 67.3 Å². The van der Waals surface area contributed by atoms with Gasteiger partial charge in [-0.3, -0.25) is 19.9 Å². The monoisotopic (exact) mass is 592 g/mol. The van der Waals surface area contributed by atoms with Crippen LogP contribution in [0.5, 0.6) is 5.75 Å². The number of fused-ring (bicyclic) bond motifs is 2. The summed E-state index contributed by atoms with van der Waals surface area (Å²) in [6.45, 7) is 5.16. The lowest BCUT2D eigenvalue weighted by atomic mass is 10.0. The molecule has 224 valence electrons. The lowest BCUT2D eigenvalue weighted by molar-refractivity contribution is -0.116. The number of anilines is 1. The van der Waals surface area contributed by atoms with E-state index in [0.29, 0.717) is 64.7 Å². The number of benzene rings is 2. The zero-order valence-electron chi connectivity index (χ0n) is 25.0. The Morgan fingerprint density at radius 2 is 1.82 bits per heavy atom. The van der Waals surface area contributed by atoms with Crippen molar-refractivity contribution in [2.75, 3.05) is 32.6 Å². The van der Waals surface area contributed by atoms with Gasteiger partial charge in [0.25, 0.3) is 0 Å². The molecule has 44 heavy (non-hydrogen) atoms. The molecule has 3 N–H and O–H groups in total. The summed E-state index contributed by atoms with van der Waals surface area (Å²) in [4.78, 5) is 31.3. The normalized spacial score (nSPS) is 11.6. The molecule has 0 saturated heterocycles. The summed E-state index contributed by atoms with van der Waals surface area (Å²) in [6, 6.07) is 12.5. The first-order valence-electron chi connectivity index (χ1n) is 14.4. The van der Waals surface area contributed by atoms with Crippen molar-refractivity contribution in [2.45, 2.75) is 20.3 Å². The summed E-state index contributed by atoms with van der Waals surface area (Å²) in [6.07, 6.45) is 7.20. The summed E-state index contributed by atoms with van der Waals surface area (Å²) in [5.41, 5.74) is 6.49. The van der Waals surface area contributed by atoms with E-state index in [2.05, 4.69) is 30.5 Å². The lowest BCUT2D eigenvalue weighted by Crippen LogP contribution is -2.19. The van der Waals surface area contributed by atoms with Crippen LogP contribution in [-0.2, 0) is 4.79 Å². The Hall–Kier alpha value is -5.16. The van der Waals surface area contributed by atoms with Crippen LogP contribution in [0.3, 0.4) is 0 Å². The average molecular weight is 593 g/mol. The van der Waals surface area contributed by atoms with Crippen molar-refractivity contribution in [2.24, 2.45) is 5.92 Å². The van der Waals surface area contributed by atoms with Crippen molar-refractivity contribution in [3.05, 3.63) is 73.1 Å². The molecular weight excluding hydrogens is 559 g/mol. The Bertz CT molecular complexity index is 1960. The Morgan fingerprint density at radius 3 is 2.64 bits per heavy atom. The van der Waals surface area contributed by atoms with E-state index in [1.165, 1.54) is 12.1 Å². The Labute approximate surface area is 253 Å². The molecule has 0 aliphatic carbocycles. The fourth-order valence-electron chi connectivity index (χ4n) is 5.03. The van der Waals surface area contributed by atoms with Crippen molar-refractivity contribution >= 4 is 33.5 Å². The van der Waals surface area contributed by atoms with Crippen LogP contribution < -0.4 is 10.1 Å². The van der Waals surface area contributed by atoms with Gasteiger partial charge in [-0.1, -0.05) is 19.9 Å². The van der Waals surface area contributed by atoms with E-state index in [-0.39, 0.29) is 11.8 Å². The first-order chi connectivity index (χ1) is 21.2. The molecule has 4 heterocycles. The van der Waals surface area contributed by atoms with Crippen LogP contribution in [0.2, 0.25) is 0 Å². The molecule has 6 aromatic rings.